The molecule has 0 amide bonds. The first-order valence-corrected chi connectivity index (χ1v) is 47.2. The van der Waals surface area contributed by atoms with Crippen molar-refractivity contribution < 1.29 is 0 Å². The summed E-state index contributed by atoms with van der Waals surface area (Å²) in [6.45, 7) is 0. The normalized spacial score (nSPS) is 13.0. The Bertz CT molecular complexity index is 10600. The van der Waals surface area contributed by atoms with Crippen LogP contribution in [-0.4, -0.2) is 56.3 Å². The number of pyridine rings is 6. The molecule has 0 bridgehead atoms. The van der Waals surface area contributed by atoms with Gasteiger partial charge in [-0.2, -0.15) is 0 Å². The summed E-state index contributed by atoms with van der Waals surface area (Å²) < 4.78 is 15.6. The lowest BCUT2D eigenvalue weighted by atomic mass is 9.86. The second kappa shape index (κ2) is 24.9. The molecular formula is C108H42Br6N12O6. The van der Waals surface area contributed by atoms with Crippen LogP contribution in [0, 0.1) is 0 Å². The molecule has 0 saturated heterocycles. The van der Waals surface area contributed by atoms with Gasteiger partial charge in [-0.15, -0.1) is 0 Å². The second-order valence-corrected chi connectivity index (χ2v) is 39.7. The van der Waals surface area contributed by atoms with Crippen LogP contribution in [0.5, 0.6) is 0 Å². The van der Waals surface area contributed by atoms with E-state index in [-0.39, 0.29) is 33.4 Å². The summed E-state index contributed by atoms with van der Waals surface area (Å²) in [4.78, 5) is 114. The van der Waals surface area contributed by atoms with E-state index in [1.807, 2.05) is 182 Å². The van der Waals surface area contributed by atoms with Crippen LogP contribution in [0.1, 0.15) is 0 Å². The molecule has 0 aliphatic heterocycles. The van der Waals surface area contributed by atoms with Gasteiger partial charge in [0.15, 0.2) is 0 Å². The fourth-order valence-corrected chi connectivity index (χ4v) is 27.2. The quantitative estimate of drug-likeness (QED) is 0.103. The highest BCUT2D eigenvalue weighted by Gasteiger charge is 2.33. The van der Waals surface area contributed by atoms with Crippen molar-refractivity contribution in [1.82, 2.24) is 56.3 Å². The van der Waals surface area contributed by atoms with Gasteiger partial charge < -0.3 is 0 Å². The largest absolute Gasteiger partial charge is 0.268 e. The van der Waals surface area contributed by atoms with Gasteiger partial charge in [-0.1, -0.05) is 205 Å². The van der Waals surface area contributed by atoms with Crippen molar-refractivity contribution in [3.8, 4) is 0 Å². The zero-order chi connectivity index (χ0) is 87.5. The monoisotopic (exact) mass is 2080 g/mol. The van der Waals surface area contributed by atoms with Crippen molar-refractivity contribution in [2.75, 3.05) is 0 Å². The fraction of sp³-hybridized carbons (Fsp3) is 0. The number of rotatable bonds is 0. The average molecular weight is 2080 g/mol. The summed E-state index contributed by atoms with van der Waals surface area (Å²) in [5, 5.41) is 32.9. The van der Waals surface area contributed by atoms with E-state index in [4.69, 9.17) is 29.9 Å². The molecule has 0 N–H and O–H groups in total. The van der Waals surface area contributed by atoms with E-state index in [1.54, 1.807) is 26.4 Å². The van der Waals surface area contributed by atoms with E-state index in [9.17, 15) is 28.8 Å². The number of benzene rings is 21. The number of imidazole rings is 6. The Balaban J connectivity index is 0.0000000932. The lowest BCUT2D eigenvalue weighted by Gasteiger charge is -2.20. The first-order valence-electron chi connectivity index (χ1n) is 42.5. The van der Waals surface area contributed by atoms with Crippen LogP contribution in [-0.2, 0) is 0 Å². The van der Waals surface area contributed by atoms with Gasteiger partial charge in [-0.3, -0.25) is 55.2 Å². The minimum Gasteiger partial charge on any atom is -0.268 e. The number of halogens is 6. The summed E-state index contributed by atoms with van der Waals surface area (Å²) in [5.74, 6) is 0. The predicted octanol–water partition coefficient (Wildman–Crippen LogP) is 26.3. The molecule has 132 heavy (non-hydrogen) atoms. The number of para-hydroxylation sites is 12. The van der Waals surface area contributed by atoms with Crippen LogP contribution in [0.15, 0.2) is 310 Å². The Hall–Kier alpha value is -14.8. The van der Waals surface area contributed by atoms with Crippen molar-refractivity contribution in [2.24, 2.45) is 0 Å². The highest BCUT2D eigenvalue weighted by atomic mass is 79.9. The number of aromatic nitrogens is 12. The molecule has 24 heteroatoms. The molecule has 0 aliphatic rings. The molecule has 0 unspecified atom stereocenters. The van der Waals surface area contributed by atoms with Crippen molar-refractivity contribution in [3.05, 3.63) is 344 Å². The third kappa shape index (κ3) is 8.64. The molecule has 0 radical (unpaired) electrons. The van der Waals surface area contributed by atoms with Gasteiger partial charge >= 0.3 is 0 Å². The lowest BCUT2D eigenvalue weighted by molar-refractivity contribution is 1.19. The summed E-state index contributed by atoms with van der Waals surface area (Å²) in [6, 6.07) is 83.3. The third-order valence-electron chi connectivity index (χ3n) is 28.4. The Morgan fingerprint density at radius 2 is 0.303 bits per heavy atom. The summed E-state index contributed by atoms with van der Waals surface area (Å²) in [7, 11) is 0. The maximum atomic E-state index is 14.2. The lowest BCUT2D eigenvalue weighted by Crippen LogP contribution is -2.14. The molecule has 0 spiro atoms. The minimum absolute atomic E-state index is 0.0827. The van der Waals surface area contributed by atoms with E-state index >= 15 is 0 Å². The molecule has 12 aromatic heterocycles. The Labute approximate surface area is 782 Å². The minimum atomic E-state index is -0.0924. The van der Waals surface area contributed by atoms with Gasteiger partial charge in [0.05, 0.1) is 82.4 Å². The SMILES string of the molecule is O=c1c2cc(Br)c3c4ccc5c(=O)n6c7ccccc7nc6c6cc(Br)c(c7ccc(c2c73)c2nc3ccccc3n12)c4c56.O=c1c2cc(Br)c3c4ccc5c6c(cc(Br)c(c7ccc(c2c73)c2nc3ccccc3n12)c46)c(=O)n1c2ccccc2nc51.O=c1c2ccc3c4c(Br)cc5c6c(ccc(c7c(Br)cc(c2c37)c2nc3ccccc3n12)c46)c(=O)n1c2ccccc2nc51. The third-order valence-corrected chi connectivity index (χ3v) is 32.2. The molecule has 0 fully saturated rings. The number of nitrogens with zero attached hydrogens (tertiary/aromatic N) is 12. The van der Waals surface area contributed by atoms with E-state index in [2.05, 4.69) is 168 Å². The summed E-state index contributed by atoms with van der Waals surface area (Å²) in [5.41, 5.74) is 12.9. The topological polar surface area (TPSA) is 206 Å². The second-order valence-electron chi connectivity index (χ2n) is 34.5. The predicted molar refractivity (Wildman–Crippen MR) is 556 cm³/mol. The molecule has 33 rings (SSSR count). The maximum absolute atomic E-state index is 14.2. The van der Waals surface area contributed by atoms with Crippen molar-refractivity contribution in [3.63, 3.8) is 0 Å². The Morgan fingerprint density at radius 1 is 0.152 bits per heavy atom. The van der Waals surface area contributed by atoms with Crippen molar-refractivity contribution >= 4 is 390 Å². The van der Waals surface area contributed by atoms with Crippen LogP contribution >= 0.6 is 95.6 Å². The van der Waals surface area contributed by atoms with E-state index < -0.39 is 0 Å². The van der Waals surface area contributed by atoms with E-state index in [0.29, 0.717) is 66.2 Å². The standard InChI is InChI=1S/3C36H14Br2N4O2/c37-21-13-19-28-18(35(43)42-26-8-4-2-6-24(26)40-34(19)42)12-10-16-30-22(38)14-20-27-17(11-9-15(31(27)30)29(21)32(16)28)33-39-23-5-1-3-7-25(23)41(33)36(20)44;37-21-13-19-27-17(35(43)41-25-7-3-1-5-23(25)39-33(19)41)11-9-15-30-22(38)14-20-28-18(12-10-16(32(28)30)29(21)31(15)27)36(44)42-26-8-4-2-6-24(26)40-34(20)42;37-21-13-19-27-17(33-39-23-5-1-3-7-25(23)41(33)35(19)43)11-9-15-30-22(38)14-20-28-18(12-10-16(32(28)30)29(21)31(15)27)34-40-24-6-2-4-8-26(24)42(34)36(20)44/h3*1-14H. The molecule has 33 aromatic rings. The Morgan fingerprint density at radius 3 is 0.508 bits per heavy atom. The van der Waals surface area contributed by atoms with Crippen LogP contribution < -0.4 is 33.4 Å². The van der Waals surface area contributed by atoms with Crippen LogP contribution in [0.25, 0.3) is 294 Å². The van der Waals surface area contributed by atoms with E-state index in [1.165, 1.54) is 0 Å². The van der Waals surface area contributed by atoms with Crippen LogP contribution in [0.3, 0.4) is 0 Å². The Kier molecular flexibility index (Phi) is 13.8. The molecule has 612 valence electrons. The first-order chi connectivity index (χ1) is 64.5. The molecule has 12 heterocycles. The maximum Gasteiger partial charge on any atom is 0.264 e. The van der Waals surface area contributed by atoms with Gasteiger partial charge in [0.25, 0.3) is 33.4 Å². The fourth-order valence-electron chi connectivity index (χ4n) is 23.4. The molecular weight excluding hydrogens is 2040 g/mol. The molecule has 0 atom stereocenters. The molecule has 0 saturated carbocycles. The summed E-state index contributed by atoms with van der Waals surface area (Å²) in [6.07, 6.45) is 0. The highest BCUT2D eigenvalue weighted by Crippen LogP contribution is 2.56. The highest BCUT2D eigenvalue weighted by molar-refractivity contribution is 9.11. The molecule has 18 nitrogen and oxygen atoms in total. The van der Waals surface area contributed by atoms with Crippen molar-refractivity contribution in [1.29, 1.82) is 0 Å². The van der Waals surface area contributed by atoms with Crippen molar-refractivity contribution in [2.45, 2.75) is 0 Å². The zero-order valence-electron chi connectivity index (χ0n) is 67.3. The average Bonchev–Trinajstić information content (AvgIpc) is 1.18. The zero-order valence-corrected chi connectivity index (χ0v) is 76.8. The molecule has 21 aromatic carbocycles. The van der Waals surface area contributed by atoms with Crippen LogP contribution in [0.4, 0.5) is 0 Å². The molecule has 0 aliphatic carbocycles. The van der Waals surface area contributed by atoms with Crippen LogP contribution in [0.2, 0.25) is 0 Å². The smallest absolute Gasteiger partial charge is 0.264 e. The van der Waals surface area contributed by atoms with Gasteiger partial charge in [-0.25, -0.2) is 29.9 Å². The number of fused-ring (bicyclic) bond motifs is 30. The van der Waals surface area contributed by atoms with Gasteiger partial charge in [0.2, 0.25) is 0 Å². The number of hydrogen-bond acceptors (Lipinski definition) is 12. The van der Waals surface area contributed by atoms with E-state index in [0.717, 1.165) is 255 Å². The van der Waals surface area contributed by atoms with Gasteiger partial charge in [0, 0.05) is 172 Å². The summed E-state index contributed by atoms with van der Waals surface area (Å²) >= 11 is 23.5. The number of hydrogen-bond donors (Lipinski definition) is 0. The van der Waals surface area contributed by atoms with Gasteiger partial charge in [0.1, 0.15) is 33.9 Å². The first kappa shape index (κ1) is 73.1. The van der Waals surface area contributed by atoms with Gasteiger partial charge in [-0.05, 0) is 178 Å².